The molecule has 4 heteroatoms. The number of carbonyl (C=O) groups is 1. The van der Waals surface area contributed by atoms with Crippen molar-refractivity contribution in [3.05, 3.63) is 65.3 Å². The summed E-state index contributed by atoms with van der Waals surface area (Å²) >= 11 is 6.06. The number of fused-ring (bicyclic) bond motifs is 1. The molecule has 3 rings (SSSR count). The fourth-order valence-corrected chi connectivity index (χ4v) is 2.68. The third-order valence-corrected chi connectivity index (χ3v) is 3.56. The molecule has 106 valence electrons. The van der Waals surface area contributed by atoms with Crippen LogP contribution in [0.2, 0.25) is 5.02 Å². The summed E-state index contributed by atoms with van der Waals surface area (Å²) in [4.78, 5) is 16.4. The first-order chi connectivity index (χ1) is 10.1. The van der Waals surface area contributed by atoms with Crippen LogP contribution in [0, 0.1) is 0 Å². The number of hydrogen-bond acceptors (Lipinski definition) is 2. The van der Waals surface area contributed by atoms with Crippen molar-refractivity contribution in [3.63, 3.8) is 0 Å². The quantitative estimate of drug-likeness (QED) is 0.785. The highest BCUT2D eigenvalue weighted by atomic mass is 35.5. The van der Waals surface area contributed by atoms with Crippen LogP contribution in [0.25, 0.3) is 5.57 Å². The van der Waals surface area contributed by atoms with Crippen molar-refractivity contribution in [2.45, 2.75) is 0 Å². The molecule has 1 amide bonds. The Morgan fingerprint density at radius 2 is 1.86 bits per heavy atom. The highest BCUT2D eigenvalue weighted by molar-refractivity contribution is 6.35. The minimum Gasteiger partial charge on any atom is -0.383 e. The predicted molar refractivity (Wildman–Crippen MR) is 86.7 cm³/mol. The van der Waals surface area contributed by atoms with E-state index in [0.717, 1.165) is 16.9 Å². The molecule has 0 saturated heterocycles. The molecule has 0 saturated carbocycles. The molecule has 0 N–H and O–H groups in total. The number of benzene rings is 2. The first-order valence-electron chi connectivity index (χ1n) is 6.65. The lowest BCUT2D eigenvalue weighted by Gasteiger charge is -2.17. The van der Waals surface area contributed by atoms with Crippen LogP contribution in [-0.4, -0.2) is 24.9 Å². The van der Waals surface area contributed by atoms with Crippen LogP contribution in [0.1, 0.15) is 5.56 Å². The van der Waals surface area contributed by atoms with Gasteiger partial charge in [-0.1, -0.05) is 35.9 Å². The molecule has 2 aromatic carbocycles. The van der Waals surface area contributed by atoms with Gasteiger partial charge < -0.3 is 4.90 Å². The van der Waals surface area contributed by atoms with E-state index in [1.165, 1.54) is 0 Å². The third kappa shape index (κ3) is 2.41. The summed E-state index contributed by atoms with van der Waals surface area (Å²) < 4.78 is 0. The topological polar surface area (TPSA) is 23.6 Å². The maximum absolute atomic E-state index is 12.8. The van der Waals surface area contributed by atoms with Crippen molar-refractivity contribution >= 4 is 34.5 Å². The van der Waals surface area contributed by atoms with Crippen molar-refractivity contribution < 1.29 is 4.79 Å². The zero-order valence-electron chi connectivity index (χ0n) is 11.9. The van der Waals surface area contributed by atoms with Gasteiger partial charge in [0.05, 0.1) is 16.9 Å². The second-order valence-electron chi connectivity index (χ2n) is 5.14. The van der Waals surface area contributed by atoms with E-state index >= 15 is 0 Å². The predicted octanol–water partition coefficient (Wildman–Crippen LogP) is 3.92. The van der Waals surface area contributed by atoms with Gasteiger partial charge in [-0.25, -0.2) is 0 Å². The third-order valence-electron chi connectivity index (χ3n) is 3.32. The molecule has 0 unspecified atom stereocenters. The summed E-state index contributed by atoms with van der Waals surface area (Å²) in [7, 11) is 3.82. The molecule has 2 aromatic rings. The maximum Gasteiger partial charge on any atom is 0.265 e. The Labute approximate surface area is 129 Å². The van der Waals surface area contributed by atoms with Crippen LogP contribution in [0.5, 0.6) is 0 Å². The van der Waals surface area contributed by atoms with E-state index < -0.39 is 0 Å². The summed E-state index contributed by atoms with van der Waals surface area (Å²) in [6.45, 7) is 0. The molecule has 0 radical (unpaired) electrons. The number of para-hydroxylation sites is 1. The van der Waals surface area contributed by atoms with Crippen LogP contribution in [0.3, 0.4) is 0 Å². The normalized spacial score (nSPS) is 15.5. The Morgan fingerprint density at radius 1 is 1.10 bits per heavy atom. The molecular weight excluding hydrogens is 284 g/mol. The van der Waals surface area contributed by atoms with Crippen molar-refractivity contribution in [3.8, 4) is 0 Å². The van der Waals surface area contributed by atoms with Crippen molar-refractivity contribution in [1.29, 1.82) is 0 Å². The van der Waals surface area contributed by atoms with Crippen LogP contribution in [-0.2, 0) is 4.79 Å². The van der Waals surface area contributed by atoms with Crippen LogP contribution >= 0.6 is 11.6 Å². The van der Waals surface area contributed by atoms with Gasteiger partial charge in [0.1, 0.15) is 0 Å². The van der Waals surface area contributed by atoms with Gasteiger partial charge in [-0.3, -0.25) is 9.69 Å². The van der Waals surface area contributed by atoms with E-state index in [-0.39, 0.29) is 5.91 Å². The Kier molecular flexibility index (Phi) is 3.43. The summed E-state index contributed by atoms with van der Waals surface area (Å²) in [6, 6.07) is 15.1. The molecule has 0 atom stereocenters. The van der Waals surface area contributed by atoms with E-state index in [2.05, 4.69) is 0 Å². The van der Waals surface area contributed by atoms with Gasteiger partial charge in [0.25, 0.3) is 5.91 Å². The number of nitrogens with zero attached hydrogens (tertiary/aromatic N) is 2. The van der Waals surface area contributed by atoms with Gasteiger partial charge >= 0.3 is 0 Å². The number of rotatable bonds is 2. The molecule has 0 bridgehead atoms. The average Bonchev–Trinajstić information content (AvgIpc) is 2.71. The van der Waals surface area contributed by atoms with Crippen molar-refractivity contribution in [1.82, 2.24) is 4.90 Å². The summed E-state index contributed by atoms with van der Waals surface area (Å²) in [5.74, 6) is -0.0350. The van der Waals surface area contributed by atoms with E-state index in [0.29, 0.717) is 10.6 Å². The molecule has 1 heterocycles. The lowest BCUT2D eigenvalue weighted by Crippen LogP contribution is -2.21. The fraction of sp³-hybridized carbons (Fsp3) is 0.118. The van der Waals surface area contributed by atoms with Gasteiger partial charge in [0, 0.05) is 30.9 Å². The Bertz CT molecular complexity index is 737. The fourth-order valence-electron chi connectivity index (χ4n) is 2.50. The van der Waals surface area contributed by atoms with Crippen molar-refractivity contribution in [2.75, 3.05) is 19.0 Å². The molecule has 0 aliphatic carbocycles. The number of anilines is 2. The Balaban J connectivity index is 2.17. The van der Waals surface area contributed by atoms with Crippen LogP contribution < -0.4 is 4.90 Å². The Morgan fingerprint density at radius 3 is 2.57 bits per heavy atom. The Hall–Kier alpha value is -2.26. The smallest absolute Gasteiger partial charge is 0.265 e. The van der Waals surface area contributed by atoms with Crippen molar-refractivity contribution in [2.24, 2.45) is 0 Å². The highest BCUT2D eigenvalue weighted by Gasteiger charge is 2.33. The standard InChI is InChI=1S/C17H15ClN2O/c1-19(2)11-15-14-8-3-4-9-16(14)20(17(15)21)13-7-5-6-12(18)10-13/h3-11H,1-2H3/b15-11-. The highest BCUT2D eigenvalue weighted by Crippen LogP contribution is 2.41. The molecule has 1 aliphatic heterocycles. The number of halogens is 1. The van der Waals surface area contributed by atoms with Crippen LogP contribution in [0.4, 0.5) is 11.4 Å². The number of carbonyl (C=O) groups excluding carboxylic acids is 1. The lowest BCUT2D eigenvalue weighted by atomic mass is 10.1. The summed E-state index contributed by atoms with van der Waals surface area (Å²) in [5, 5.41) is 0.614. The van der Waals surface area contributed by atoms with Gasteiger partial charge in [0.15, 0.2) is 0 Å². The van der Waals surface area contributed by atoms with Gasteiger partial charge in [-0.15, -0.1) is 0 Å². The van der Waals surface area contributed by atoms with E-state index in [1.54, 1.807) is 17.0 Å². The first kappa shape index (κ1) is 13.7. The first-order valence-corrected chi connectivity index (χ1v) is 7.03. The maximum atomic E-state index is 12.8. The van der Waals surface area contributed by atoms with Crippen LogP contribution in [0.15, 0.2) is 54.7 Å². The average molecular weight is 299 g/mol. The monoisotopic (exact) mass is 298 g/mol. The summed E-state index contributed by atoms with van der Waals surface area (Å²) in [5.41, 5.74) is 3.30. The lowest BCUT2D eigenvalue weighted by molar-refractivity contribution is -0.112. The SMILES string of the molecule is CN(C)/C=C1\C(=O)N(c2cccc(Cl)c2)c2ccccc21. The number of amides is 1. The van der Waals surface area contributed by atoms with E-state index in [9.17, 15) is 4.79 Å². The molecule has 1 aliphatic rings. The minimum absolute atomic E-state index is 0.0350. The molecule has 3 nitrogen and oxygen atoms in total. The molecule has 0 fully saturated rings. The largest absolute Gasteiger partial charge is 0.383 e. The van der Waals surface area contributed by atoms with Gasteiger partial charge in [-0.05, 0) is 24.3 Å². The molecule has 21 heavy (non-hydrogen) atoms. The zero-order valence-corrected chi connectivity index (χ0v) is 12.6. The molecule has 0 aromatic heterocycles. The van der Waals surface area contributed by atoms with E-state index in [1.807, 2.05) is 61.6 Å². The van der Waals surface area contributed by atoms with E-state index in [4.69, 9.17) is 11.6 Å². The zero-order chi connectivity index (χ0) is 15.0. The minimum atomic E-state index is -0.0350. The summed E-state index contributed by atoms with van der Waals surface area (Å²) in [6.07, 6.45) is 1.85. The van der Waals surface area contributed by atoms with Gasteiger partial charge in [0.2, 0.25) is 0 Å². The second kappa shape index (κ2) is 5.26. The second-order valence-corrected chi connectivity index (χ2v) is 5.58. The molecular formula is C17H15ClN2O. The number of hydrogen-bond donors (Lipinski definition) is 0. The molecule has 0 spiro atoms. The van der Waals surface area contributed by atoms with Gasteiger partial charge in [-0.2, -0.15) is 0 Å².